The predicted molar refractivity (Wildman–Crippen MR) is 119 cm³/mol. The summed E-state index contributed by atoms with van der Waals surface area (Å²) >= 11 is 0. The molecule has 0 spiro atoms. The molecule has 29 heavy (non-hydrogen) atoms. The third-order valence-electron chi connectivity index (χ3n) is 7.17. The summed E-state index contributed by atoms with van der Waals surface area (Å²) in [4.78, 5) is 17.1. The van der Waals surface area contributed by atoms with Gasteiger partial charge < -0.3 is 9.80 Å². The van der Waals surface area contributed by atoms with Gasteiger partial charge in [0.25, 0.3) is 5.91 Å². The summed E-state index contributed by atoms with van der Waals surface area (Å²) in [5.74, 6) is 1.06. The molecule has 0 bridgehead atoms. The number of quaternary nitrogens is 1. The largest absolute Gasteiger partial charge is 0.327 e. The zero-order chi connectivity index (χ0) is 20.6. The fourth-order valence-electron chi connectivity index (χ4n) is 5.68. The van der Waals surface area contributed by atoms with E-state index in [1.165, 1.54) is 28.9 Å². The molecular weight excluding hydrogens is 356 g/mol. The zero-order valence-corrected chi connectivity index (χ0v) is 18.4. The third kappa shape index (κ3) is 3.73. The van der Waals surface area contributed by atoms with Gasteiger partial charge in [0.2, 0.25) is 0 Å². The maximum absolute atomic E-state index is 13.6. The third-order valence-corrected chi connectivity index (χ3v) is 7.17. The second-order valence-corrected chi connectivity index (χ2v) is 10.0. The number of piperidine rings is 1. The predicted octanol–water partition coefficient (Wildman–Crippen LogP) is 3.82. The Bertz CT molecular complexity index is 867. The van der Waals surface area contributed by atoms with E-state index in [9.17, 15) is 4.79 Å². The number of carbonyl (C=O) groups excluding carboxylic acids is 1. The Hall–Kier alpha value is -2.13. The molecule has 1 saturated heterocycles. The van der Waals surface area contributed by atoms with Crippen LogP contribution in [0.3, 0.4) is 0 Å². The van der Waals surface area contributed by atoms with Crippen LogP contribution in [0.4, 0.5) is 5.69 Å². The van der Waals surface area contributed by atoms with Crippen molar-refractivity contribution in [1.82, 2.24) is 0 Å². The zero-order valence-electron chi connectivity index (χ0n) is 18.4. The second kappa shape index (κ2) is 7.60. The van der Waals surface area contributed by atoms with Crippen molar-refractivity contribution in [2.45, 2.75) is 57.9 Å². The highest BCUT2D eigenvalue weighted by atomic mass is 16.2. The van der Waals surface area contributed by atoms with Gasteiger partial charge in [0, 0.05) is 16.6 Å². The normalized spacial score (nSPS) is 28.6. The number of likely N-dealkylation sites (tertiary alicyclic amines) is 1. The summed E-state index contributed by atoms with van der Waals surface area (Å²) in [5.41, 5.74) is 3.33. The van der Waals surface area contributed by atoms with Crippen molar-refractivity contribution < 1.29 is 9.69 Å². The van der Waals surface area contributed by atoms with Crippen LogP contribution in [-0.2, 0) is 10.2 Å². The Morgan fingerprint density at radius 2 is 1.62 bits per heavy atom. The van der Waals surface area contributed by atoms with Crippen LogP contribution in [-0.4, -0.2) is 31.1 Å². The molecule has 0 saturated carbocycles. The summed E-state index contributed by atoms with van der Waals surface area (Å²) < 4.78 is 0. The Labute approximate surface area is 175 Å². The molecule has 0 aromatic heterocycles. The van der Waals surface area contributed by atoms with Gasteiger partial charge in [-0.3, -0.25) is 4.79 Å². The lowest BCUT2D eigenvalue weighted by Gasteiger charge is -2.51. The molecule has 1 atom stereocenters. The fourth-order valence-corrected chi connectivity index (χ4v) is 5.68. The number of nitrogens with one attached hydrogen (secondary N) is 1. The van der Waals surface area contributed by atoms with Crippen LogP contribution in [0.1, 0.15) is 58.1 Å². The smallest absolute Gasteiger partial charge is 0.282 e. The van der Waals surface area contributed by atoms with Crippen molar-refractivity contribution >= 4 is 11.6 Å². The molecule has 0 aliphatic carbocycles. The number of hydrogen-bond donors (Lipinski definition) is 1. The van der Waals surface area contributed by atoms with Crippen molar-refractivity contribution in [3.63, 3.8) is 0 Å². The minimum atomic E-state index is -0.238. The SMILES string of the molecule is CC1CC[NH+](CC(=O)N2c3ccccc3[C@](C)(c3ccccc3)CC2(C)C)CC1. The van der Waals surface area contributed by atoms with Gasteiger partial charge >= 0.3 is 0 Å². The molecule has 154 valence electrons. The van der Waals surface area contributed by atoms with E-state index >= 15 is 0 Å². The van der Waals surface area contributed by atoms with E-state index in [2.05, 4.69) is 87.2 Å². The average molecular weight is 392 g/mol. The maximum atomic E-state index is 13.6. The van der Waals surface area contributed by atoms with E-state index in [0.29, 0.717) is 6.54 Å². The lowest BCUT2D eigenvalue weighted by Crippen LogP contribution is -3.14. The monoisotopic (exact) mass is 391 g/mol. The van der Waals surface area contributed by atoms with Crippen LogP contribution in [0.15, 0.2) is 54.6 Å². The highest BCUT2D eigenvalue weighted by molar-refractivity contribution is 5.97. The molecule has 3 nitrogen and oxygen atoms in total. The van der Waals surface area contributed by atoms with Crippen molar-refractivity contribution in [3.8, 4) is 0 Å². The van der Waals surface area contributed by atoms with Crippen molar-refractivity contribution in [1.29, 1.82) is 0 Å². The van der Waals surface area contributed by atoms with Crippen LogP contribution in [0.2, 0.25) is 0 Å². The number of nitrogens with zero attached hydrogens (tertiary/aromatic N) is 1. The molecule has 2 aliphatic heterocycles. The number of hydrogen-bond acceptors (Lipinski definition) is 1. The van der Waals surface area contributed by atoms with Crippen molar-refractivity contribution in [2.75, 3.05) is 24.5 Å². The molecule has 2 aliphatic rings. The van der Waals surface area contributed by atoms with E-state index in [-0.39, 0.29) is 16.9 Å². The van der Waals surface area contributed by atoms with E-state index in [1.54, 1.807) is 0 Å². The first-order chi connectivity index (χ1) is 13.8. The number of benzene rings is 2. The van der Waals surface area contributed by atoms with Gasteiger partial charge in [-0.25, -0.2) is 0 Å². The van der Waals surface area contributed by atoms with Crippen molar-refractivity contribution in [3.05, 3.63) is 65.7 Å². The van der Waals surface area contributed by atoms with Crippen molar-refractivity contribution in [2.24, 2.45) is 5.92 Å². The number of para-hydroxylation sites is 1. The van der Waals surface area contributed by atoms with Gasteiger partial charge in [0.1, 0.15) is 0 Å². The molecule has 2 aromatic rings. The lowest BCUT2D eigenvalue weighted by atomic mass is 9.65. The summed E-state index contributed by atoms with van der Waals surface area (Å²) in [6, 6.07) is 19.3. The molecule has 4 rings (SSSR count). The van der Waals surface area contributed by atoms with Gasteiger partial charge in [-0.15, -0.1) is 0 Å². The summed E-state index contributed by atoms with van der Waals surface area (Å²) in [6.07, 6.45) is 3.38. The van der Waals surface area contributed by atoms with E-state index < -0.39 is 0 Å². The van der Waals surface area contributed by atoms with Crippen LogP contribution in [0.5, 0.6) is 0 Å². The Kier molecular flexibility index (Phi) is 5.29. The van der Waals surface area contributed by atoms with Crippen LogP contribution in [0, 0.1) is 5.92 Å². The molecule has 0 unspecified atom stereocenters. The van der Waals surface area contributed by atoms with E-state index in [0.717, 1.165) is 31.1 Å². The van der Waals surface area contributed by atoms with Crippen LogP contribution < -0.4 is 9.80 Å². The van der Waals surface area contributed by atoms with Gasteiger partial charge in [-0.1, -0.05) is 62.4 Å². The summed E-state index contributed by atoms with van der Waals surface area (Å²) in [6.45, 7) is 12.0. The Balaban J connectivity index is 1.70. The van der Waals surface area contributed by atoms with E-state index in [1.807, 2.05) is 0 Å². The number of amides is 1. The molecule has 2 aromatic carbocycles. The number of fused-ring (bicyclic) bond motifs is 1. The molecular formula is C26H35N2O+. The minimum Gasteiger partial charge on any atom is -0.327 e. The first-order valence-electron chi connectivity index (χ1n) is 11.1. The molecule has 1 fully saturated rings. The highest BCUT2D eigenvalue weighted by Crippen LogP contribution is 2.50. The first-order valence-corrected chi connectivity index (χ1v) is 11.1. The topological polar surface area (TPSA) is 24.8 Å². The lowest BCUT2D eigenvalue weighted by molar-refractivity contribution is -0.898. The number of carbonyl (C=O) groups is 1. The fraction of sp³-hybridized carbons (Fsp3) is 0.500. The second-order valence-electron chi connectivity index (χ2n) is 10.0. The van der Waals surface area contributed by atoms with E-state index in [4.69, 9.17) is 0 Å². The summed E-state index contributed by atoms with van der Waals surface area (Å²) in [7, 11) is 0. The molecule has 1 amide bonds. The Morgan fingerprint density at radius 3 is 2.31 bits per heavy atom. The average Bonchev–Trinajstić information content (AvgIpc) is 2.70. The maximum Gasteiger partial charge on any atom is 0.282 e. The van der Waals surface area contributed by atoms with Crippen LogP contribution in [0.25, 0.3) is 0 Å². The van der Waals surface area contributed by atoms with Crippen LogP contribution >= 0.6 is 0 Å². The molecule has 0 radical (unpaired) electrons. The first kappa shape index (κ1) is 20.2. The van der Waals surface area contributed by atoms with Gasteiger partial charge in [0.15, 0.2) is 6.54 Å². The van der Waals surface area contributed by atoms with Gasteiger partial charge in [-0.05, 0) is 56.2 Å². The molecule has 1 N–H and O–H groups in total. The standard InChI is InChI=1S/C26H34N2O/c1-20-14-16-27(17-15-20)18-24(29)28-23-13-9-8-12-22(23)26(4,19-25(28,2)3)21-10-6-5-7-11-21/h5-13,20H,14-19H2,1-4H3/p+1/t26-/m0/s1. The quantitative estimate of drug-likeness (QED) is 0.845. The minimum absolute atomic E-state index is 0.106. The highest BCUT2D eigenvalue weighted by Gasteiger charge is 2.48. The molecule has 3 heteroatoms. The number of rotatable bonds is 3. The summed E-state index contributed by atoms with van der Waals surface area (Å²) in [5, 5.41) is 0. The van der Waals surface area contributed by atoms with Gasteiger partial charge in [-0.2, -0.15) is 0 Å². The Morgan fingerprint density at radius 1 is 1.00 bits per heavy atom. The molecule has 2 heterocycles. The number of anilines is 1. The van der Waals surface area contributed by atoms with Gasteiger partial charge in [0.05, 0.1) is 13.1 Å².